The Kier molecular flexibility index (Phi) is 2.47. The van der Waals surface area contributed by atoms with Crippen LogP contribution in [0.1, 0.15) is 36.0 Å². The van der Waals surface area contributed by atoms with Crippen molar-refractivity contribution in [2.45, 2.75) is 38.5 Å². The minimum Gasteiger partial charge on any atom is -0.508 e. The van der Waals surface area contributed by atoms with E-state index in [0.29, 0.717) is 5.75 Å². The summed E-state index contributed by atoms with van der Waals surface area (Å²) < 4.78 is 0. The van der Waals surface area contributed by atoms with Gasteiger partial charge in [-0.25, -0.2) is 0 Å². The van der Waals surface area contributed by atoms with Gasteiger partial charge < -0.3 is 10.8 Å². The third-order valence-electron chi connectivity index (χ3n) is 4.03. The zero-order valence-electron chi connectivity index (χ0n) is 9.51. The maximum absolute atomic E-state index is 9.62. The fourth-order valence-electron chi connectivity index (χ4n) is 2.57. The van der Waals surface area contributed by atoms with Crippen LogP contribution in [0.3, 0.4) is 0 Å². The number of aromatic hydroxyl groups is 1. The lowest BCUT2D eigenvalue weighted by atomic mass is 9.63. The van der Waals surface area contributed by atoms with Crippen LogP contribution in [0.25, 0.3) is 0 Å². The summed E-state index contributed by atoms with van der Waals surface area (Å²) in [7, 11) is 0. The van der Waals surface area contributed by atoms with Gasteiger partial charge in [-0.15, -0.1) is 0 Å². The average Bonchev–Trinajstić information content (AvgIpc) is 2.17. The molecule has 0 heterocycles. The van der Waals surface area contributed by atoms with Gasteiger partial charge >= 0.3 is 0 Å². The van der Waals surface area contributed by atoms with E-state index in [1.165, 1.54) is 30.4 Å². The molecule has 2 rings (SSSR count). The van der Waals surface area contributed by atoms with Gasteiger partial charge in [-0.05, 0) is 49.4 Å². The lowest BCUT2D eigenvalue weighted by Gasteiger charge is -2.42. The summed E-state index contributed by atoms with van der Waals surface area (Å²) in [6.45, 7) is 4.77. The van der Waals surface area contributed by atoms with E-state index < -0.39 is 0 Å². The smallest absolute Gasteiger partial charge is 0.118 e. The van der Waals surface area contributed by atoms with Crippen molar-refractivity contribution in [2.24, 2.45) is 5.73 Å². The zero-order valence-corrected chi connectivity index (χ0v) is 9.51. The number of hydrogen-bond donors (Lipinski definition) is 2. The molecule has 0 aliphatic heterocycles. The van der Waals surface area contributed by atoms with E-state index in [0.717, 1.165) is 12.1 Å². The van der Waals surface area contributed by atoms with E-state index in [1.807, 2.05) is 13.0 Å². The Hall–Kier alpha value is -1.02. The number of hydrogen-bond acceptors (Lipinski definition) is 2. The van der Waals surface area contributed by atoms with Crippen molar-refractivity contribution in [2.75, 3.05) is 6.54 Å². The molecule has 0 aromatic heterocycles. The van der Waals surface area contributed by atoms with Crippen LogP contribution in [0.4, 0.5) is 0 Å². The van der Waals surface area contributed by atoms with Gasteiger partial charge in [0, 0.05) is 12.0 Å². The Morgan fingerprint density at radius 1 is 1.27 bits per heavy atom. The van der Waals surface area contributed by atoms with Crippen LogP contribution >= 0.6 is 0 Å². The van der Waals surface area contributed by atoms with Crippen LogP contribution in [-0.2, 0) is 5.41 Å². The van der Waals surface area contributed by atoms with Crippen molar-refractivity contribution in [3.8, 4) is 5.75 Å². The third-order valence-corrected chi connectivity index (χ3v) is 4.03. The standard InChI is InChI=1S/C13H19NO/c1-9-10(2)12(15)5-4-11(9)13(8-14)6-3-7-13/h4-5,15H,3,6-8,14H2,1-2H3. The monoisotopic (exact) mass is 205 g/mol. The minimum absolute atomic E-state index is 0.197. The lowest BCUT2D eigenvalue weighted by Crippen LogP contribution is -2.42. The second-order valence-electron chi connectivity index (χ2n) is 4.72. The summed E-state index contributed by atoms with van der Waals surface area (Å²) in [4.78, 5) is 0. The Morgan fingerprint density at radius 3 is 2.40 bits per heavy atom. The summed E-state index contributed by atoms with van der Waals surface area (Å²) in [5, 5.41) is 9.62. The minimum atomic E-state index is 0.197. The first-order valence-corrected chi connectivity index (χ1v) is 5.60. The van der Waals surface area contributed by atoms with Gasteiger partial charge in [0.15, 0.2) is 0 Å². The Bertz CT molecular complexity index is 375. The number of nitrogens with two attached hydrogens (primary N) is 1. The lowest BCUT2D eigenvalue weighted by molar-refractivity contribution is 0.251. The Labute approximate surface area is 91.1 Å². The Balaban J connectivity index is 2.49. The van der Waals surface area contributed by atoms with Crippen LogP contribution < -0.4 is 5.73 Å². The summed E-state index contributed by atoms with van der Waals surface area (Å²) >= 11 is 0. The van der Waals surface area contributed by atoms with E-state index in [2.05, 4.69) is 6.92 Å². The van der Waals surface area contributed by atoms with Crippen molar-refractivity contribution < 1.29 is 5.11 Å². The zero-order chi connectivity index (χ0) is 11.1. The number of benzene rings is 1. The second-order valence-corrected chi connectivity index (χ2v) is 4.72. The van der Waals surface area contributed by atoms with E-state index in [4.69, 9.17) is 5.73 Å². The predicted molar refractivity (Wildman–Crippen MR) is 62.2 cm³/mol. The highest BCUT2D eigenvalue weighted by atomic mass is 16.3. The van der Waals surface area contributed by atoms with Gasteiger partial charge in [0.05, 0.1) is 0 Å². The highest BCUT2D eigenvalue weighted by molar-refractivity contribution is 5.47. The first kappa shape index (κ1) is 10.5. The van der Waals surface area contributed by atoms with Crippen molar-refractivity contribution in [3.63, 3.8) is 0 Å². The molecule has 0 spiro atoms. The molecule has 0 radical (unpaired) electrons. The molecule has 0 saturated heterocycles. The maximum Gasteiger partial charge on any atom is 0.118 e. The quantitative estimate of drug-likeness (QED) is 0.778. The summed E-state index contributed by atoms with van der Waals surface area (Å²) in [6, 6.07) is 3.84. The van der Waals surface area contributed by atoms with Crippen molar-refractivity contribution in [1.29, 1.82) is 0 Å². The highest BCUT2D eigenvalue weighted by Gasteiger charge is 2.38. The molecule has 1 aromatic carbocycles. The first-order valence-electron chi connectivity index (χ1n) is 5.60. The van der Waals surface area contributed by atoms with E-state index >= 15 is 0 Å². The second kappa shape index (κ2) is 3.53. The molecule has 1 saturated carbocycles. The first-order chi connectivity index (χ1) is 7.10. The molecule has 0 unspecified atom stereocenters. The van der Waals surface area contributed by atoms with E-state index in [-0.39, 0.29) is 5.41 Å². The van der Waals surface area contributed by atoms with Crippen LogP contribution in [0, 0.1) is 13.8 Å². The molecule has 0 amide bonds. The van der Waals surface area contributed by atoms with Crippen LogP contribution in [0.15, 0.2) is 12.1 Å². The SMILES string of the molecule is Cc1c(O)ccc(C2(CN)CCC2)c1C. The number of phenols is 1. The average molecular weight is 205 g/mol. The van der Waals surface area contributed by atoms with Gasteiger partial charge in [0.1, 0.15) is 5.75 Å². The molecule has 3 N–H and O–H groups in total. The molecule has 2 nitrogen and oxygen atoms in total. The molecule has 0 bridgehead atoms. The summed E-state index contributed by atoms with van der Waals surface area (Å²) in [6.07, 6.45) is 3.65. The maximum atomic E-state index is 9.62. The van der Waals surface area contributed by atoms with Crippen LogP contribution in [0.2, 0.25) is 0 Å². The van der Waals surface area contributed by atoms with Gasteiger partial charge in [-0.3, -0.25) is 0 Å². The topological polar surface area (TPSA) is 46.2 Å². The van der Waals surface area contributed by atoms with Gasteiger partial charge in [-0.2, -0.15) is 0 Å². The van der Waals surface area contributed by atoms with Crippen LogP contribution in [0.5, 0.6) is 5.75 Å². The molecule has 82 valence electrons. The molecule has 1 fully saturated rings. The molecule has 0 atom stereocenters. The molecule has 1 aliphatic carbocycles. The molecule has 2 heteroatoms. The van der Waals surface area contributed by atoms with Crippen molar-refractivity contribution in [3.05, 3.63) is 28.8 Å². The summed E-state index contributed by atoms with van der Waals surface area (Å²) in [5.41, 5.74) is 9.63. The van der Waals surface area contributed by atoms with E-state index in [9.17, 15) is 5.11 Å². The molecular formula is C13H19NO. The van der Waals surface area contributed by atoms with Gasteiger partial charge in [0.25, 0.3) is 0 Å². The number of phenolic OH excluding ortho intramolecular Hbond substituents is 1. The largest absolute Gasteiger partial charge is 0.508 e. The van der Waals surface area contributed by atoms with Gasteiger partial charge in [-0.1, -0.05) is 12.5 Å². The van der Waals surface area contributed by atoms with E-state index in [1.54, 1.807) is 6.07 Å². The number of rotatable bonds is 2. The highest BCUT2D eigenvalue weighted by Crippen LogP contribution is 2.45. The molecular weight excluding hydrogens is 186 g/mol. The normalized spacial score (nSPS) is 18.6. The summed E-state index contributed by atoms with van der Waals surface area (Å²) in [5.74, 6) is 0.391. The van der Waals surface area contributed by atoms with Crippen molar-refractivity contribution >= 4 is 0 Å². The molecule has 15 heavy (non-hydrogen) atoms. The fraction of sp³-hybridized carbons (Fsp3) is 0.538. The predicted octanol–water partition coefficient (Wildman–Crippen LogP) is 2.39. The van der Waals surface area contributed by atoms with Gasteiger partial charge in [0.2, 0.25) is 0 Å². The molecule has 1 aliphatic rings. The molecule has 1 aromatic rings. The van der Waals surface area contributed by atoms with Crippen molar-refractivity contribution in [1.82, 2.24) is 0 Å². The Morgan fingerprint density at radius 2 is 1.93 bits per heavy atom. The fourth-order valence-corrected chi connectivity index (χ4v) is 2.57. The third kappa shape index (κ3) is 1.44. The van der Waals surface area contributed by atoms with Crippen LogP contribution in [-0.4, -0.2) is 11.7 Å².